The number of hydrogen-bond donors (Lipinski definition) is 1. The van der Waals surface area contributed by atoms with E-state index < -0.39 is 17.5 Å². The average Bonchev–Trinajstić information content (AvgIpc) is 2.46. The fraction of sp³-hybridized carbons (Fsp3) is 0.812. The zero-order valence-corrected chi connectivity index (χ0v) is 14.1. The van der Waals surface area contributed by atoms with Crippen LogP contribution in [0.2, 0.25) is 0 Å². The van der Waals surface area contributed by atoms with Crippen molar-refractivity contribution in [1.29, 1.82) is 0 Å². The molecule has 0 saturated carbocycles. The number of rotatable bonds is 2. The normalized spacial score (nSPS) is 23.8. The predicted octanol–water partition coefficient (Wildman–Crippen LogP) is 1.71. The van der Waals surface area contributed by atoms with Crippen molar-refractivity contribution in [2.24, 2.45) is 5.92 Å². The van der Waals surface area contributed by atoms with E-state index in [1.54, 1.807) is 9.80 Å². The smallest absolute Gasteiger partial charge is 0.410 e. The lowest BCUT2D eigenvalue weighted by molar-refractivity contribution is -0.149. The van der Waals surface area contributed by atoms with E-state index >= 15 is 0 Å². The van der Waals surface area contributed by atoms with Gasteiger partial charge in [-0.05, 0) is 40.0 Å². The Hall–Kier alpha value is -1.79. The molecule has 0 radical (unpaired) electrons. The second-order valence-electron chi connectivity index (χ2n) is 7.32. The third-order valence-corrected chi connectivity index (χ3v) is 4.35. The fourth-order valence-corrected chi connectivity index (χ4v) is 3.11. The van der Waals surface area contributed by atoms with E-state index in [-0.39, 0.29) is 24.6 Å². The predicted molar refractivity (Wildman–Crippen MR) is 82.9 cm³/mol. The van der Waals surface area contributed by atoms with Crippen molar-refractivity contribution in [2.75, 3.05) is 19.6 Å². The highest BCUT2D eigenvalue weighted by molar-refractivity contribution is 5.80. The topological polar surface area (TPSA) is 87.2 Å². The summed E-state index contributed by atoms with van der Waals surface area (Å²) < 4.78 is 5.36. The molecule has 1 atom stereocenters. The van der Waals surface area contributed by atoms with Gasteiger partial charge < -0.3 is 19.6 Å². The minimum Gasteiger partial charge on any atom is -0.481 e. The zero-order chi connectivity index (χ0) is 17.2. The number of nitrogens with zero attached hydrogens (tertiary/aromatic N) is 2. The summed E-state index contributed by atoms with van der Waals surface area (Å²) in [6, 6.07) is 0.0170. The Kier molecular flexibility index (Phi) is 5.16. The molecular weight excluding hydrogens is 300 g/mol. The highest BCUT2D eigenvalue weighted by atomic mass is 16.6. The molecule has 2 saturated heterocycles. The van der Waals surface area contributed by atoms with E-state index in [9.17, 15) is 14.4 Å². The summed E-state index contributed by atoms with van der Waals surface area (Å²) in [4.78, 5) is 38.7. The molecule has 2 aliphatic rings. The van der Waals surface area contributed by atoms with E-state index in [1.165, 1.54) is 0 Å². The van der Waals surface area contributed by atoms with Crippen LogP contribution in [0.25, 0.3) is 0 Å². The molecule has 1 unspecified atom stereocenters. The monoisotopic (exact) mass is 326 g/mol. The van der Waals surface area contributed by atoms with Crippen LogP contribution in [0.1, 0.15) is 46.5 Å². The number of hydrogen-bond acceptors (Lipinski definition) is 4. The van der Waals surface area contributed by atoms with Crippen molar-refractivity contribution in [3.8, 4) is 0 Å². The Morgan fingerprint density at radius 3 is 2.30 bits per heavy atom. The van der Waals surface area contributed by atoms with Gasteiger partial charge in [-0.2, -0.15) is 0 Å². The average molecular weight is 326 g/mol. The number of likely N-dealkylation sites (tertiary alicyclic amines) is 2. The first-order valence-corrected chi connectivity index (χ1v) is 8.17. The van der Waals surface area contributed by atoms with Gasteiger partial charge in [0.1, 0.15) is 5.60 Å². The third kappa shape index (κ3) is 4.59. The first kappa shape index (κ1) is 17.6. The quantitative estimate of drug-likeness (QED) is 0.834. The minimum atomic E-state index is -0.839. The molecule has 7 nitrogen and oxygen atoms in total. The molecule has 2 fully saturated rings. The summed E-state index contributed by atoms with van der Waals surface area (Å²) in [7, 11) is 0. The molecule has 130 valence electrons. The molecule has 0 aromatic carbocycles. The Morgan fingerprint density at radius 1 is 1.17 bits per heavy atom. The summed E-state index contributed by atoms with van der Waals surface area (Å²) in [6.07, 6.45) is 1.71. The number of aliphatic carboxylic acids is 1. The number of carbonyl (C=O) groups excluding carboxylic acids is 2. The van der Waals surface area contributed by atoms with E-state index in [4.69, 9.17) is 9.84 Å². The van der Waals surface area contributed by atoms with Crippen LogP contribution in [-0.4, -0.2) is 64.2 Å². The summed E-state index contributed by atoms with van der Waals surface area (Å²) in [6.45, 7) is 6.83. The van der Waals surface area contributed by atoms with Crippen LogP contribution in [0.15, 0.2) is 0 Å². The molecular formula is C16H26N2O5. The maximum absolute atomic E-state index is 12.1. The molecule has 0 aromatic rings. The van der Waals surface area contributed by atoms with E-state index in [0.717, 1.165) is 0 Å². The molecule has 0 aliphatic carbocycles. The molecule has 0 spiro atoms. The second-order valence-corrected chi connectivity index (χ2v) is 7.32. The molecule has 2 amide bonds. The van der Waals surface area contributed by atoms with Gasteiger partial charge in [-0.25, -0.2) is 4.79 Å². The van der Waals surface area contributed by atoms with Crippen LogP contribution in [0.5, 0.6) is 0 Å². The second kappa shape index (κ2) is 6.76. The molecule has 2 heterocycles. The van der Waals surface area contributed by atoms with Crippen LogP contribution < -0.4 is 0 Å². The van der Waals surface area contributed by atoms with Gasteiger partial charge in [-0.1, -0.05) is 0 Å². The van der Waals surface area contributed by atoms with Crippen LogP contribution in [-0.2, 0) is 14.3 Å². The van der Waals surface area contributed by atoms with Crippen molar-refractivity contribution >= 4 is 18.0 Å². The summed E-state index contributed by atoms with van der Waals surface area (Å²) in [5.74, 6) is -1.29. The van der Waals surface area contributed by atoms with Gasteiger partial charge in [-0.3, -0.25) is 9.59 Å². The Balaban J connectivity index is 1.89. The molecule has 2 rings (SSSR count). The lowest BCUT2D eigenvalue weighted by Crippen LogP contribution is -2.53. The van der Waals surface area contributed by atoms with E-state index in [0.29, 0.717) is 38.8 Å². The standard InChI is InChI=1S/C16H26N2O5/c1-16(2,3)23-15(22)17-8-6-12(7-9-17)18-10-11(14(20)21)4-5-13(18)19/h11-12H,4-10H2,1-3H3,(H,20,21). The molecule has 1 N–H and O–H groups in total. The number of carboxylic acid groups (broad SMARTS) is 1. The molecule has 2 aliphatic heterocycles. The third-order valence-electron chi connectivity index (χ3n) is 4.35. The van der Waals surface area contributed by atoms with Crippen LogP contribution in [0.3, 0.4) is 0 Å². The first-order chi connectivity index (χ1) is 10.7. The number of amides is 2. The van der Waals surface area contributed by atoms with Crippen molar-refractivity contribution in [2.45, 2.75) is 58.1 Å². The Bertz CT molecular complexity index is 477. The van der Waals surface area contributed by atoms with Crippen LogP contribution >= 0.6 is 0 Å². The first-order valence-electron chi connectivity index (χ1n) is 8.17. The Labute approximate surface area is 136 Å². The largest absolute Gasteiger partial charge is 0.481 e. The molecule has 0 aromatic heterocycles. The SMILES string of the molecule is CC(C)(C)OC(=O)N1CCC(N2CC(C(=O)O)CCC2=O)CC1. The van der Waals surface area contributed by atoms with Gasteiger partial charge in [-0.15, -0.1) is 0 Å². The summed E-state index contributed by atoms with van der Waals surface area (Å²) in [5, 5.41) is 9.16. The number of carboxylic acids is 1. The van der Waals surface area contributed by atoms with Crippen molar-refractivity contribution in [3.63, 3.8) is 0 Å². The van der Waals surface area contributed by atoms with Gasteiger partial charge in [0.2, 0.25) is 5.91 Å². The lowest BCUT2D eigenvalue weighted by Gasteiger charge is -2.41. The Morgan fingerprint density at radius 2 is 1.78 bits per heavy atom. The molecule has 7 heteroatoms. The minimum absolute atomic E-state index is 0.0170. The lowest BCUT2D eigenvalue weighted by atomic mass is 9.93. The van der Waals surface area contributed by atoms with Gasteiger partial charge in [0.25, 0.3) is 0 Å². The number of carbonyl (C=O) groups is 3. The van der Waals surface area contributed by atoms with Gasteiger partial charge >= 0.3 is 12.1 Å². The maximum Gasteiger partial charge on any atom is 0.410 e. The fourth-order valence-electron chi connectivity index (χ4n) is 3.11. The van der Waals surface area contributed by atoms with Crippen molar-refractivity contribution in [3.05, 3.63) is 0 Å². The zero-order valence-electron chi connectivity index (χ0n) is 14.1. The van der Waals surface area contributed by atoms with Crippen molar-refractivity contribution in [1.82, 2.24) is 9.80 Å². The van der Waals surface area contributed by atoms with Gasteiger partial charge in [0, 0.05) is 32.1 Å². The van der Waals surface area contributed by atoms with Gasteiger partial charge in [0.05, 0.1) is 5.92 Å². The summed E-state index contributed by atoms with van der Waals surface area (Å²) >= 11 is 0. The number of ether oxygens (including phenoxy) is 1. The molecule has 23 heavy (non-hydrogen) atoms. The van der Waals surface area contributed by atoms with Crippen molar-refractivity contribution < 1.29 is 24.2 Å². The molecule has 0 bridgehead atoms. The van der Waals surface area contributed by atoms with E-state index in [1.807, 2.05) is 20.8 Å². The van der Waals surface area contributed by atoms with Crippen LogP contribution in [0.4, 0.5) is 4.79 Å². The van der Waals surface area contributed by atoms with E-state index in [2.05, 4.69) is 0 Å². The highest BCUT2D eigenvalue weighted by Crippen LogP contribution is 2.25. The maximum atomic E-state index is 12.1. The van der Waals surface area contributed by atoms with Gasteiger partial charge in [0.15, 0.2) is 0 Å². The number of piperidine rings is 2. The highest BCUT2D eigenvalue weighted by Gasteiger charge is 2.36. The van der Waals surface area contributed by atoms with Crippen LogP contribution in [0, 0.1) is 5.92 Å². The summed E-state index contributed by atoms with van der Waals surface area (Å²) in [5.41, 5.74) is -0.522.